The van der Waals surface area contributed by atoms with E-state index in [1.54, 1.807) is 49.7 Å². The summed E-state index contributed by atoms with van der Waals surface area (Å²) in [6.45, 7) is 13.6. The standard InChI is InChI=1S/C23H25N5O.C16H20N4O.C7H7NO/c1-18-5-4-12-24-21(18)11-10-20(29)9-8-19-17-28-22(25-19)6-3-7-23(28)27-15-13-26(2)14-16-27;1-13(21)6-7-14-12-20-15(17-14)4-3-5-16(20)19-10-8-18(2)9-11-19;1-6-3-2-4-8-7(6)5-9/h3-12,17H,13-16H2,1-2H3;3-7,12H,8-11H2,1-2H3;2-5H,1H3/b9-8+,11-10+;7-6+;. The second-order valence-electron chi connectivity index (χ2n) is 14.7. The van der Waals surface area contributed by atoms with Crippen LogP contribution >= 0.6 is 0 Å². The Morgan fingerprint density at radius 3 is 1.47 bits per heavy atom. The highest BCUT2D eigenvalue weighted by Gasteiger charge is 2.18. The van der Waals surface area contributed by atoms with Gasteiger partial charge in [0, 0.05) is 77.1 Å². The van der Waals surface area contributed by atoms with Gasteiger partial charge in [0.25, 0.3) is 0 Å². The number of aldehydes is 1. The van der Waals surface area contributed by atoms with E-state index in [1.807, 2.05) is 74.8 Å². The van der Waals surface area contributed by atoms with Crippen molar-refractivity contribution < 1.29 is 14.4 Å². The van der Waals surface area contributed by atoms with Crippen LogP contribution in [0.4, 0.5) is 11.6 Å². The summed E-state index contributed by atoms with van der Waals surface area (Å²) in [4.78, 5) is 60.1. The Balaban J connectivity index is 0.000000169. The second kappa shape index (κ2) is 20.2. The maximum absolute atomic E-state index is 12.2. The van der Waals surface area contributed by atoms with E-state index in [-0.39, 0.29) is 11.6 Å². The van der Waals surface area contributed by atoms with Crippen LogP contribution in [0, 0.1) is 13.8 Å². The quantitative estimate of drug-likeness (QED) is 0.127. The largest absolute Gasteiger partial charge is 0.355 e. The van der Waals surface area contributed by atoms with Crippen LogP contribution in [0.3, 0.4) is 0 Å². The highest BCUT2D eigenvalue weighted by molar-refractivity contribution is 6.04. The molecule has 59 heavy (non-hydrogen) atoms. The molecule has 0 aromatic carbocycles. The molecule has 2 saturated heterocycles. The molecule has 6 aromatic rings. The minimum absolute atomic E-state index is 0.0337. The molecule has 0 amide bonds. The summed E-state index contributed by atoms with van der Waals surface area (Å²) < 4.78 is 4.20. The van der Waals surface area contributed by atoms with Gasteiger partial charge >= 0.3 is 0 Å². The summed E-state index contributed by atoms with van der Waals surface area (Å²) in [5.41, 5.74) is 6.66. The fourth-order valence-electron chi connectivity index (χ4n) is 6.66. The molecule has 2 aliphatic heterocycles. The number of piperazine rings is 2. The number of hydrogen-bond acceptors (Lipinski definition) is 11. The molecule has 304 valence electrons. The van der Waals surface area contributed by atoms with Crippen LogP contribution < -0.4 is 9.80 Å². The molecule has 0 atom stereocenters. The molecule has 0 spiro atoms. The summed E-state index contributed by atoms with van der Waals surface area (Å²) in [6.07, 6.45) is 18.0. The molecule has 0 unspecified atom stereocenters. The van der Waals surface area contributed by atoms with Crippen molar-refractivity contribution in [1.82, 2.24) is 38.5 Å². The third-order valence-corrected chi connectivity index (χ3v) is 10.2. The Morgan fingerprint density at radius 2 is 1.03 bits per heavy atom. The van der Waals surface area contributed by atoms with E-state index in [2.05, 4.69) is 74.6 Å². The van der Waals surface area contributed by atoms with Crippen molar-refractivity contribution in [1.29, 1.82) is 0 Å². The predicted octanol–water partition coefficient (Wildman–Crippen LogP) is 5.98. The van der Waals surface area contributed by atoms with Crippen LogP contribution in [-0.2, 0) is 9.59 Å². The van der Waals surface area contributed by atoms with Gasteiger partial charge in [-0.25, -0.2) is 9.97 Å². The van der Waals surface area contributed by atoms with E-state index >= 15 is 0 Å². The van der Waals surface area contributed by atoms with Gasteiger partial charge in [-0.1, -0.05) is 24.3 Å². The van der Waals surface area contributed by atoms with Crippen molar-refractivity contribution in [3.63, 3.8) is 0 Å². The van der Waals surface area contributed by atoms with E-state index < -0.39 is 0 Å². The van der Waals surface area contributed by atoms with Gasteiger partial charge in [-0.2, -0.15) is 0 Å². The molecule has 8 heterocycles. The number of fused-ring (bicyclic) bond motifs is 2. The van der Waals surface area contributed by atoms with Crippen molar-refractivity contribution in [2.75, 3.05) is 76.3 Å². The first-order valence-electron chi connectivity index (χ1n) is 19.8. The van der Waals surface area contributed by atoms with Gasteiger partial charge in [-0.05, 0) is 119 Å². The number of imidazole rings is 2. The van der Waals surface area contributed by atoms with Crippen molar-refractivity contribution in [2.24, 2.45) is 0 Å². The predicted molar refractivity (Wildman–Crippen MR) is 236 cm³/mol. The second-order valence-corrected chi connectivity index (χ2v) is 14.7. The normalized spacial score (nSPS) is 15.1. The third-order valence-electron chi connectivity index (χ3n) is 10.2. The van der Waals surface area contributed by atoms with Gasteiger partial charge in [0.05, 0.1) is 17.1 Å². The van der Waals surface area contributed by atoms with Gasteiger partial charge in [-0.15, -0.1) is 0 Å². The molecule has 2 fully saturated rings. The van der Waals surface area contributed by atoms with E-state index in [0.717, 1.165) is 110 Å². The van der Waals surface area contributed by atoms with Crippen molar-refractivity contribution >= 4 is 59.0 Å². The Morgan fingerprint density at radius 1 is 0.576 bits per heavy atom. The van der Waals surface area contributed by atoms with Crippen molar-refractivity contribution in [3.05, 3.63) is 138 Å². The van der Waals surface area contributed by atoms with Gasteiger partial charge in [-0.3, -0.25) is 33.2 Å². The number of carbonyl (C=O) groups is 3. The molecular formula is C46H52N10O3. The fraction of sp³-hybridized carbons (Fsp3) is 0.283. The number of likely N-dealkylation sites (N-methyl/N-ethyl adjacent to an activating group) is 2. The smallest absolute Gasteiger partial charge is 0.178 e. The summed E-state index contributed by atoms with van der Waals surface area (Å²) in [5, 5.41) is 0. The zero-order valence-electron chi connectivity index (χ0n) is 34.5. The maximum atomic E-state index is 12.2. The van der Waals surface area contributed by atoms with Crippen LogP contribution in [-0.4, -0.2) is 123 Å². The first-order valence-corrected chi connectivity index (χ1v) is 19.8. The highest BCUT2D eigenvalue weighted by Crippen LogP contribution is 2.21. The van der Waals surface area contributed by atoms with Crippen LogP contribution in [0.2, 0.25) is 0 Å². The minimum atomic E-state index is -0.0913. The average Bonchev–Trinajstić information content (AvgIpc) is 3.87. The molecule has 0 saturated carbocycles. The van der Waals surface area contributed by atoms with Gasteiger partial charge < -0.3 is 19.6 Å². The molecule has 0 N–H and O–H groups in total. The number of pyridine rings is 4. The molecular weight excluding hydrogens is 741 g/mol. The first kappa shape index (κ1) is 42.0. The number of ketones is 2. The van der Waals surface area contributed by atoms with Gasteiger partial charge in [0.2, 0.25) is 0 Å². The number of hydrogen-bond donors (Lipinski definition) is 0. The molecule has 13 heteroatoms. The fourth-order valence-corrected chi connectivity index (χ4v) is 6.66. The number of anilines is 2. The number of aromatic nitrogens is 6. The first-order chi connectivity index (χ1) is 28.6. The van der Waals surface area contributed by atoms with Crippen LogP contribution in [0.5, 0.6) is 0 Å². The van der Waals surface area contributed by atoms with Crippen molar-refractivity contribution in [3.8, 4) is 0 Å². The zero-order valence-corrected chi connectivity index (χ0v) is 34.5. The average molecular weight is 793 g/mol. The Bertz CT molecular complexity index is 2470. The van der Waals surface area contributed by atoms with Gasteiger partial charge in [0.1, 0.15) is 28.6 Å². The van der Waals surface area contributed by atoms with E-state index in [4.69, 9.17) is 0 Å². The molecule has 2 aliphatic rings. The Labute approximate surface area is 345 Å². The van der Waals surface area contributed by atoms with Crippen LogP contribution in [0.25, 0.3) is 29.5 Å². The molecule has 8 rings (SSSR count). The lowest BCUT2D eigenvalue weighted by atomic mass is 10.2. The van der Waals surface area contributed by atoms with Crippen LogP contribution in [0.15, 0.2) is 104 Å². The molecule has 0 radical (unpaired) electrons. The number of allylic oxidation sites excluding steroid dienone is 3. The summed E-state index contributed by atoms with van der Waals surface area (Å²) >= 11 is 0. The molecule has 0 aliphatic carbocycles. The number of aryl methyl sites for hydroxylation is 2. The lowest BCUT2D eigenvalue weighted by Gasteiger charge is -2.34. The highest BCUT2D eigenvalue weighted by atomic mass is 16.1. The third kappa shape index (κ3) is 11.5. The Hall–Kier alpha value is -6.57. The topological polar surface area (TPSA) is 125 Å². The lowest BCUT2D eigenvalue weighted by Crippen LogP contribution is -2.45. The van der Waals surface area contributed by atoms with Gasteiger partial charge in [0.15, 0.2) is 17.9 Å². The zero-order chi connectivity index (χ0) is 41.7. The summed E-state index contributed by atoms with van der Waals surface area (Å²) in [5.74, 6) is 2.24. The minimum Gasteiger partial charge on any atom is -0.355 e. The number of carbonyl (C=O) groups excluding carboxylic acids is 3. The molecule has 0 bridgehead atoms. The summed E-state index contributed by atoms with van der Waals surface area (Å²) in [7, 11) is 4.30. The van der Waals surface area contributed by atoms with Crippen LogP contribution in [0.1, 0.15) is 45.6 Å². The maximum Gasteiger partial charge on any atom is 0.178 e. The molecule has 13 nitrogen and oxygen atoms in total. The Kier molecular flexibility index (Phi) is 14.4. The SMILES string of the molecule is CC(=O)/C=C/c1cn2c(N3CCN(C)CC3)cccc2n1.Cc1cccnc1/C=C/C(=O)/C=C/c1cn2c(N3CCN(C)CC3)cccc2n1.Cc1cccnc1C=O. The lowest BCUT2D eigenvalue weighted by molar-refractivity contribution is -0.112. The van der Waals surface area contributed by atoms with Crippen molar-refractivity contribution in [2.45, 2.75) is 20.8 Å². The summed E-state index contributed by atoms with van der Waals surface area (Å²) in [6, 6.07) is 19.8. The van der Waals surface area contributed by atoms with E-state index in [0.29, 0.717) is 5.69 Å². The number of nitrogens with zero attached hydrogens (tertiary/aromatic N) is 10. The van der Waals surface area contributed by atoms with E-state index in [1.165, 1.54) is 6.08 Å². The molecule has 6 aromatic heterocycles. The number of rotatable bonds is 9. The monoisotopic (exact) mass is 792 g/mol. The van der Waals surface area contributed by atoms with E-state index in [9.17, 15) is 14.4 Å².